The number of amides is 1. The van der Waals surface area contributed by atoms with Gasteiger partial charge in [-0.15, -0.1) is 5.48 Å². The molecule has 2 N–H and O–H groups in total. The van der Waals surface area contributed by atoms with Gasteiger partial charge in [0.2, 0.25) is 5.91 Å². The van der Waals surface area contributed by atoms with Crippen LogP contribution in [-0.4, -0.2) is 45.6 Å². The lowest BCUT2D eigenvalue weighted by Crippen LogP contribution is -2.66. The molecule has 5 unspecified atom stereocenters. The number of nitrogens with one attached hydrogen (secondary N) is 1. The molecule has 1 aliphatic heterocycles. The summed E-state index contributed by atoms with van der Waals surface area (Å²) >= 11 is 0. The van der Waals surface area contributed by atoms with Crippen LogP contribution < -0.4 is 5.48 Å². The van der Waals surface area contributed by atoms with Gasteiger partial charge in [0, 0.05) is 11.5 Å². The Morgan fingerprint density at radius 3 is 2.42 bits per heavy atom. The maximum Gasteiger partial charge on any atom is 0.356 e. The van der Waals surface area contributed by atoms with Crippen molar-refractivity contribution in [2.45, 2.75) is 82.5 Å². The second kappa shape index (κ2) is 8.11. The van der Waals surface area contributed by atoms with Gasteiger partial charge in [0.05, 0.1) is 17.2 Å². The number of hydroxylamine groups is 1. The summed E-state index contributed by atoms with van der Waals surface area (Å²) in [4.78, 5) is 34.0. The van der Waals surface area contributed by atoms with Crippen LogP contribution in [0.5, 0.6) is 0 Å². The van der Waals surface area contributed by atoms with Gasteiger partial charge in [-0.2, -0.15) is 5.26 Å². The molecule has 4 aliphatic carbocycles. The molecule has 1 amide bonds. The molecule has 1 heterocycles. The summed E-state index contributed by atoms with van der Waals surface area (Å²) in [5.41, 5.74) is 2.04. The molecule has 0 radical (unpaired) electrons. The van der Waals surface area contributed by atoms with E-state index in [4.69, 9.17) is 4.84 Å². The lowest BCUT2D eigenvalue weighted by molar-refractivity contribution is -0.189. The van der Waals surface area contributed by atoms with Crippen molar-refractivity contribution in [2.75, 3.05) is 0 Å². The number of hydrogen-bond acceptors (Lipinski definition) is 6. The monoisotopic (exact) mass is 451 g/mol. The molecule has 6 rings (SSSR count). The van der Waals surface area contributed by atoms with Crippen LogP contribution in [0.3, 0.4) is 0 Å². The van der Waals surface area contributed by atoms with Crippen molar-refractivity contribution in [3.8, 4) is 6.07 Å². The molecule has 0 spiro atoms. The quantitative estimate of drug-likeness (QED) is 0.667. The predicted octanol–water partition coefficient (Wildman–Crippen LogP) is 3.20. The first-order valence-corrected chi connectivity index (χ1v) is 12.2. The van der Waals surface area contributed by atoms with Crippen molar-refractivity contribution in [2.24, 2.45) is 23.2 Å². The molecule has 1 aromatic rings. The van der Waals surface area contributed by atoms with Crippen LogP contribution in [0, 0.1) is 34.5 Å². The van der Waals surface area contributed by atoms with E-state index in [1.54, 1.807) is 29.2 Å². The van der Waals surface area contributed by atoms with Gasteiger partial charge in [-0.1, -0.05) is 25.1 Å². The molecule has 176 valence electrons. The third-order valence-corrected chi connectivity index (χ3v) is 8.81. The number of likely N-dealkylation sites (tertiary alicyclic amines) is 1. The van der Waals surface area contributed by atoms with E-state index < -0.39 is 29.1 Å². The van der Waals surface area contributed by atoms with E-state index in [1.165, 1.54) is 0 Å². The molecule has 6 atom stereocenters. The third kappa shape index (κ3) is 3.83. The fourth-order valence-corrected chi connectivity index (χ4v) is 7.64. The fraction of sp³-hybridized carbons (Fsp3) is 0.654. The maximum absolute atomic E-state index is 14.1. The molecule has 4 bridgehead atoms. The molecule has 1 saturated heterocycles. The summed E-state index contributed by atoms with van der Waals surface area (Å²) < 4.78 is 0. The Morgan fingerprint density at radius 2 is 1.82 bits per heavy atom. The summed E-state index contributed by atoms with van der Waals surface area (Å²) in [6.45, 7) is 4.05. The largest absolute Gasteiger partial charge is 0.390 e. The predicted molar refractivity (Wildman–Crippen MR) is 120 cm³/mol. The number of carbonyl (C=O) groups excluding carboxylic acids is 2. The van der Waals surface area contributed by atoms with Gasteiger partial charge in [0.1, 0.15) is 12.1 Å². The minimum absolute atomic E-state index is 0.0757. The van der Waals surface area contributed by atoms with Crippen molar-refractivity contribution < 1.29 is 19.5 Å². The number of aliphatic hydroxyl groups is 1. The average Bonchev–Trinajstić information content (AvgIpc) is 3.06. The van der Waals surface area contributed by atoms with Crippen molar-refractivity contribution in [1.29, 1.82) is 5.26 Å². The molecular formula is C26H33N3O4. The topological polar surface area (TPSA) is 103 Å². The minimum Gasteiger partial charge on any atom is -0.390 e. The lowest BCUT2D eigenvalue weighted by Gasteiger charge is -2.62. The highest BCUT2D eigenvalue weighted by Gasteiger charge is 2.62. The molecule has 4 saturated carbocycles. The highest BCUT2D eigenvalue weighted by molar-refractivity contribution is 5.89. The summed E-state index contributed by atoms with van der Waals surface area (Å²) in [6, 6.07) is 9.64. The van der Waals surface area contributed by atoms with Crippen molar-refractivity contribution in [3.05, 3.63) is 35.9 Å². The van der Waals surface area contributed by atoms with Gasteiger partial charge in [-0.25, -0.2) is 4.79 Å². The highest BCUT2D eigenvalue weighted by Crippen LogP contribution is 2.63. The van der Waals surface area contributed by atoms with Crippen molar-refractivity contribution in [3.63, 3.8) is 0 Å². The number of rotatable bonds is 5. The van der Waals surface area contributed by atoms with E-state index in [0.29, 0.717) is 30.2 Å². The number of hydrogen-bond donors (Lipinski definition) is 2. The zero-order chi connectivity index (χ0) is 23.4. The van der Waals surface area contributed by atoms with Crippen molar-refractivity contribution >= 4 is 11.9 Å². The van der Waals surface area contributed by atoms with Crippen LogP contribution in [0.2, 0.25) is 0 Å². The first kappa shape index (κ1) is 22.4. The molecule has 7 heteroatoms. The van der Waals surface area contributed by atoms with Gasteiger partial charge in [-0.05, 0) is 81.8 Å². The minimum atomic E-state index is -0.786. The van der Waals surface area contributed by atoms with E-state index in [9.17, 15) is 20.0 Å². The highest BCUT2D eigenvalue weighted by atomic mass is 16.7. The Hall–Kier alpha value is -2.43. The second-order valence-electron chi connectivity index (χ2n) is 11.2. The first-order valence-electron chi connectivity index (χ1n) is 12.2. The first-order chi connectivity index (χ1) is 15.7. The Morgan fingerprint density at radius 1 is 1.15 bits per heavy atom. The maximum atomic E-state index is 14.1. The second-order valence-corrected chi connectivity index (χ2v) is 11.2. The summed E-state index contributed by atoms with van der Waals surface area (Å²) in [5.74, 6) is 0.229. The number of nitriles is 1. The fourth-order valence-electron chi connectivity index (χ4n) is 7.64. The average molecular weight is 452 g/mol. The lowest BCUT2D eigenvalue weighted by atomic mass is 9.46. The van der Waals surface area contributed by atoms with E-state index in [0.717, 1.165) is 32.1 Å². The molecule has 5 fully saturated rings. The molecular weight excluding hydrogens is 418 g/mol. The van der Waals surface area contributed by atoms with Gasteiger partial charge in [0.25, 0.3) is 0 Å². The van der Waals surface area contributed by atoms with Gasteiger partial charge in [-0.3, -0.25) is 4.79 Å². The molecule has 5 aliphatic rings. The SMILES string of the molecule is CC1CC(C#N)N(C(=O)C(NOC(=O)c2ccccc2)C23CC4CC(CC(O)(C4)C2)C3)[C@H]1C. The Kier molecular flexibility index (Phi) is 5.49. The van der Waals surface area contributed by atoms with Gasteiger partial charge >= 0.3 is 5.97 Å². The Labute approximate surface area is 195 Å². The van der Waals surface area contributed by atoms with E-state index >= 15 is 0 Å². The zero-order valence-electron chi connectivity index (χ0n) is 19.4. The molecule has 0 aromatic heterocycles. The van der Waals surface area contributed by atoms with Crippen LogP contribution in [0.15, 0.2) is 30.3 Å². The summed E-state index contributed by atoms with van der Waals surface area (Å²) in [7, 11) is 0. The molecule has 1 aromatic carbocycles. The van der Waals surface area contributed by atoms with Crippen LogP contribution in [-0.2, 0) is 9.63 Å². The van der Waals surface area contributed by atoms with Gasteiger partial charge < -0.3 is 14.8 Å². The summed E-state index contributed by atoms with van der Waals surface area (Å²) in [5, 5.41) is 21.1. The van der Waals surface area contributed by atoms with Crippen LogP contribution in [0.4, 0.5) is 0 Å². The van der Waals surface area contributed by atoms with E-state index in [1.807, 2.05) is 13.0 Å². The summed E-state index contributed by atoms with van der Waals surface area (Å²) in [6.07, 6.45) is 5.48. The standard InChI is InChI=1S/C26H33N3O4/c1-16-8-21(14-27)29(17(16)2)23(30)22(28-33-24(31)20-6-4-3-5-7-20)25-10-18-9-19(11-25)13-26(32,12-18)15-25/h3-7,16-19,21-22,28,32H,8-13,15H2,1-2H3/t16?,17-,18?,19?,21?,22?,25?,26?/m0/s1. The molecule has 33 heavy (non-hydrogen) atoms. The van der Waals surface area contributed by atoms with Crippen LogP contribution in [0.25, 0.3) is 0 Å². The van der Waals surface area contributed by atoms with E-state index in [2.05, 4.69) is 18.5 Å². The Balaban J connectivity index is 1.46. The normalized spacial score (nSPS) is 39.8. The smallest absolute Gasteiger partial charge is 0.356 e. The number of benzene rings is 1. The van der Waals surface area contributed by atoms with Crippen LogP contribution >= 0.6 is 0 Å². The van der Waals surface area contributed by atoms with Crippen molar-refractivity contribution in [1.82, 2.24) is 10.4 Å². The molecule has 7 nitrogen and oxygen atoms in total. The number of nitrogens with zero attached hydrogens (tertiary/aromatic N) is 2. The Bertz CT molecular complexity index is 959. The van der Waals surface area contributed by atoms with Gasteiger partial charge in [0.15, 0.2) is 0 Å². The van der Waals surface area contributed by atoms with E-state index in [-0.39, 0.29) is 17.9 Å². The van der Waals surface area contributed by atoms with Crippen LogP contribution in [0.1, 0.15) is 69.2 Å². The third-order valence-electron chi connectivity index (χ3n) is 8.81. The zero-order valence-corrected chi connectivity index (χ0v) is 19.4. The number of carbonyl (C=O) groups is 2.